The molecule has 4 rings (SSSR count). The van der Waals surface area contributed by atoms with Crippen LogP contribution in [0.5, 0.6) is 0 Å². The normalized spacial score (nSPS) is 25.4. The highest BCUT2D eigenvalue weighted by Gasteiger charge is 2.31. The number of hydrogen-bond acceptors (Lipinski definition) is 4. The highest BCUT2D eigenvalue weighted by atomic mass is 15.2. The molecule has 2 unspecified atom stereocenters. The summed E-state index contributed by atoms with van der Waals surface area (Å²) in [7, 11) is 4.46. The fourth-order valence-electron chi connectivity index (χ4n) is 5.22. The van der Waals surface area contributed by atoms with Crippen LogP contribution in [0.15, 0.2) is 53.2 Å². The number of para-hydroxylation sites is 1. The third-order valence-corrected chi connectivity index (χ3v) is 6.74. The van der Waals surface area contributed by atoms with E-state index in [0.29, 0.717) is 12.1 Å². The standard InChI is InChI=1S/C25H36N4/c1-19(16-29(3)24-12-6-9-22-10-7-15-26-25(22)24)27-23-11-5-4-8-21(23)14-13-20-17-28(2)18-20/h4-5,7-8,10-11,15,20,24-26H,6,9,12-14,16-18H2,1-3H3. The number of rotatable bonds is 7. The van der Waals surface area contributed by atoms with Crippen LogP contribution in [0.3, 0.4) is 0 Å². The third-order valence-electron chi connectivity index (χ3n) is 6.74. The number of aryl methyl sites for hydroxylation is 1. The number of hydrogen-bond donors (Lipinski definition) is 1. The molecule has 156 valence electrons. The Balaban J connectivity index is 1.38. The Labute approximate surface area is 176 Å². The van der Waals surface area contributed by atoms with Gasteiger partial charge in [-0.1, -0.05) is 24.3 Å². The van der Waals surface area contributed by atoms with Gasteiger partial charge < -0.3 is 10.2 Å². The maximum Gasteiger partial charge on any atom is 0.0661 e. The lowest BCUT2D eigenvalue weighted by molar-refractivity contribution is 0.127. The Bertz CT molecular complexity index is 788. The van der Waals surface area contributed by atoms with Gasteiger partial charge in [-0.2, -0.15) is 0 Å². The molecule has 1 N–H and O–H groups in total. The Morgan fingerprint density at radius 3 is 2.93 bits per heavy atom. The van der Waals surface area contributed by atoms with E-state index in [-0.39, 0.29) is 0 Å². The fourth-order valence-corrected chi connectivity index (χ4v) is 5.22. The molecule has 1 saturated heterocycles. The van der Waals surface area contributed by atoms with Gasteiger partial charge >= 0.3 is 0 Å². The first-order valence-corrected chi connectivity index (χ1v) is 11.2. The first-order chi connectivity index (χ1) is 14.1. The molecule has 2 aliphatic heterocycles. The zero-order valence-corrected chi connectivity index (χ0v) is 18.3. The molecule has 1 saturated carbocycles. The average molecular weight is 393 g/mol. The first kappa shape index (κ1) is 20.4. The molecule has 1 aromatic rings. The predicted molar refractivity (Wildman–Crippen MR) is 123 cm³/mol. The number of fused-ring (bicyclic) bond motifs is 1. The lowest BCUT2D eigenvalue weighted by atomic mass is 9.83. The van der Waals surface area contributed by atoms with Crippen molar-refractivity contribution in [3.05, 3.63) is 53.8 Å². The van der Waals surface area contributed by atoms with Crippen molar-refractivity contribution in [2.45, 2.75) is 51.1 Å². The van der Waals surface area contributed by atoms with E-state index in [4.69, 9.17) is 4.99 Å². The van der Waals surface area contributed by atoms with Crippen LogP contribution >= 0.6 is 0 Å². The summed E-state index contributed by atoms with van der Waals surface area (Å²) in [5.74, 6) is 0.856. The topological polar surface area (TPSA) is 30.9 Å². The lowest BCUT2D eigenvalue weighted by Gasteiger charge is -2.40. The van der Waals surface area contributed by atoms with Crippen molar-refractivity contribution in [2.75, 3.05) is 33.7 Å². The van der Waals surface area contributed by atoms with Crippen LogP contribution in [0.1, 0.15) is 38.2 Å². The number of likely N-dealkylation sites (tertiary alicyclic amines) is 1. The monoisotopic (exact) mass is 392 g/mol. The molecule has 29 heavy (non-hydrogen) atoms. The van der Waals surface area contributed by atoms with Crippen LogP contribution in [-0.2, 0) is 6.42 Å². The predicted octanol–water partition coefficient (Wildman–Crippen LogP) is 4.17. The summed E-state index contributed by atoms with van der Waals surface area (Å²) in [5.41, 5.74) is 5.31. The Morgan fingerprint density at radius 2 is 2.10 bits per heavy atom. The molecule has 0 radical (unpaired) electrons. The summed E-state index contributed by atoms with van der Waals surface area (Å²) in [6.07, 6.45) is 12.7. The van der Waals surface area contributed by atoms with Crippen molar-refractivity contribution in [2.24, 2.45) is 10.9 Å². The maximum atomic E-state index is 5.05. The zero-order valence-electron chi connectivity index (χ0n) is 18.3. The molecule has 1 aromatic carbocycles. The van der Waals surface area contributed by atoms with E-state index in [9.17, 15) is 0 Å². The van der Waals surface area contributed by atoms with E-state index in [1.165, 1.54) is 50.0 Å². The minimum absolute atomic E-state index is 0.458. The van der Waals surface area contributed by atoms with Gasteiger partial charge in [-0.05, 0) is 88.5 Å². The van der Waals surface area contributed by atoms with Crippen molar-refractivity contribution in [1.82, 2.24) is 15.1 Å². The highest BCUT2D eigenvalue weighted by molar-refractivity contribution is 5.86. The van der Waals surface area contributed by atoms with Crippen LogP contribution in [0.25, 0.3) is 0 Å². The smallest absolute Gasteiger partial charge is 0.0661 e. The van der Waals surface area contributed by atoms with E-state index in [1.807, 2.05) is 0 Å². The SMILES string of the molecule is CC(CN(C)C1CCCC2=CC=CNC21)=Nc1ccccc1CCC1CN(C)C1. The third kappa shape index (κ3) is 4.99. The number of nitrogens with one attached hydrogen (secondary N) is 1. The van der Waals surface area contributed by atoms with Crippen LogP contribution < -0.4 is 5.32 Å². The van der Waals surface area contributed by atoms with Crippen molar-refractivity contribution in [3.63, 3.8) is 0 Å². The van der Waals surface area contributed by atoms with Crippen LogP contribution in [-0.4, -0.2) is 61.3 Å². The number of allylic oxidation sites excluding steroid dienone is 2. The van der Waals surface area contributed by atoms with Gasteiger partial charge in [0.25, 0.3) is 0 Å². The molecule has 0 spiro atoms. The minimum Gasteiger partial charge on any atom is -0.383 e. The van der Waals surface area contributed by atoms with Gasteiger partial charge in [0.1, 0.15) is 0 Å². The molecule has 3 aliphatic rings. The second-order valence-electron chi connectivity index (χ2n) is 9.22. The van der Waals surface area contributed by atoms with Crippen molar-refractivity contribution in [3.8, 4) is 0 Å². The Morgan fingerprint density at radius 1 is 1.28 bits per heavy atom. The van der Waals surface area contributed by atoms with Crippen molar-refractivity contribution in [1.29, 1.82) is 0 Å². The van der Waals surface area contributed by atoms with E-state index in [0.717, 1.165) is 24.6 Å². The summed E-state index contributed by atoms with van der Waals surface area (Å²) >= 11 is 0. The molecule has 2 fully saturated rings. The number of nitrogens with zero attached hydrogens (tertiary/aromatic N) is 3. The Kier molecular flexibility index (Phi) is 6.51. The first-order valence-electron chi connectivity index (χ1n) is 11.2. The van der Waals surface area contributed by atoms with Gasteiger partial charge in [0, 0.05) is 31.4 Å². The second-order valence-corrected chi connectivity index (χ2v) is 9.22. The van der Waals surface area contributed by atoms with Crippen LogP contribution in [0.4, 0.5) is 5.69 Å². The van der Waals surface area contributed by atoms with Crippen LogP contribution in [0, 0.1) is 5.92 Å². The summed E-state index contributed by atoms with van der Waals surface area (Å²) in [6, 6.07) is 9.71. The minimum atomic E-state index is 0.458. The van der Waals surface area contributed by atoms with E-state index >= 15 is 0 Å². The van der Waals surface area contributed by atoms with Gasteiger partial charge in [-0.15, -0.1) is 0 Å². The van der Waals surface area contributed by atoms with E-state index < -0.39 is 0 Å². The summed E-state index contributed by atoms with van der Waals surface area (Å²) < 4.78 is 0. The number of benzene rings is 1. The molecule has 0 amide bonds. The highest BCUT2D eigenvalue weighted by Crippen LogP contribution is 2.29. The van der Waals surface area contributed by atoms with Gasteiger partial charge in [-0.3, -0.25) is 9.89 Å². The number of dihydropyridines is 1. The molecule has 2 atom stereocenters. The quantitative estimate of drug-likeness (QED) is 0.707. The second kappa shape index (κ2) is 9.27. The van der Waals surface area contributed by atoms with Gasteiger partial charge in [0.2, 0.25) is 0 Å². The fraction of sp³-hybridized carbons (Fsp3) is 0.560. The maximum absolute atomic E-state index is 5.05. The molecular formula is C25H36N4. The zero-order chi connectivity index (χ0) is 20.2. The van der Waals surface area contributed by atoms with Gasteiger partial charge in [0.05, 0.1) is 11.7 Å². The van der Waals surface area contributed by atoms with E-state index in [2.05, 4.69) is 78.8 Å². The molecular weight excluding hydrogens is 356 g/mol. The molecule has 4 heteroatoms. The largest absolute Gasteiger partial charge is 0.383 e. The molecule has 2 heterocycles. The molecule has 4 nitrogen and oxygen atoms in total. The molecule has 0 aromatic heterocycles. The summed E-state index contributed by atoms with van der Waals surface area (Å²) in [5, 5.41) is 3.59. The van der Waals surface area contributed by atoms with Crippen molar-refractivity contribution >= 4 is 11.4 Å². The molecule has 0 bridgehead atoms. The van der Waals surface area contributed by atoms with Gasteiger partial charge in [-0.25, -0.2) is 0 Å². The molecule has 1 aliphatic carbocycles. The number of likely N-dealkylation sites (N-methyl/N-ethyl adjacent to an activating group) is 1. The lowest BCUT2D eigenvalue weighted by Crippen LogP contribution is -2.51. The summed E-state index contributed by atoms with van der Waals surface area (Å²) in [4.78, 5) is 9.95. The number of aliphatic imine (C=N–C) groups is 1. The van der Waals surface area contributed by atoms with Gasteiger partial charge in [0.15, 0.2) is 0 Å². The van der Waals surface area contributed by atoms with Crippen molar-refractivity contribution < 1.29 is 0 Å². The summed E-state index contributed by atoms with van der Waals surface area (Å²) in [6.45, 7) is 5.60. The Hall–Kier alpha value is -1.91. The average Bonchev–Trinajstić information content (AvgIpc) is 2.70. The van der Waals surface area contributed by atoms with Crippen LogP contribution in [0.2, 0.25) is 0 Å². The van der Waals surface area contributed by atoms with E-state index in [1.54, 1.807) is 5.57 Å².